The van der Waals surface area contributed by atoms with Gasteiger partial charge in [0, 0.05) is 12.6 Å². The van der Waals surface area contributed by atoms with Gasteiger partial charge in [0.05, 0.1) is 11.1 Å². The first-order chi connectivity index (χ1) is 15.9. The van der Waals surface area contributed by atoms with E-state index < -0.39 is 42.5 Å². The molecule has 1 saturated heterocycles. The van der Waals surface area contributed by atoms with Crippen molar-refractivity contribution in [2.45, 2.75) is 44.1 Å². The van der Waals surface area contributed by atoms with E-state index in [0.29, 0.717) is 5.56 Å². The van der Waals surface area contributed by atoms with Crippen LogP contribution < -0.4 is 5.00 Å². The van der Waals surface area contributed by atoms with Crippen LogP contribution in [0.1, 0.15) is 34.6 Å². The minimum Gasteiger partial charge on any atom is -0.452 e. The highest BCUT2D eigenvalue weighted by Gasteiger charge is 2.53. The molecule has 174 valence electrons. The van der Waals surface area contributed by atoms with Gasteiger partial charge in [0.2, 0.25) is 12.4 Å². The molecule has 2 aromatic rings. The van der Waals surface area contributed by atoms with Crippen molar-refractivity contribution in [3.05, 3.63) is 71.8 Å². The van der Waals surface area contributed by atoms with Crippen molar-refractivity contribution in [3.63, 3.8) is 0 Å². The molecular weight excluding hydrogens is 448 g/mol. The van der Waals surface area contributed by atoms with Crippen LogP contribution in [0.2, 0.25) is 0 Å². The van der Waals surface area contributed by atoms with E-state index in [1.54, 1.807) is 60.7 Å². The molecular formula is C22H25BNO8P. The van der Waals surface area contributed by atoms with Crippen LogP contribution in [0.3, 0.4) is 0 Å². The van der Waals surface area contributed by atoms with Gasteiger partial charge in [-0.3, -0.25) is 4.79 Å². The van der Waals surface area contributed by atoms with E-state index in [0.717, 1.165) is 0 Å². The number of ether oxygens (including phenoxy) is 4. The van der Waals surface area contributed by atoms with Crippen LogP contribution in [0, 0.1) is 0 Å². The van der Waals surface area contributed by atoms with Crippen molar-refractivity contribution in [1.82, 2.24) is 5.00 Å². The predicted octanol–water partition coefficient (Wildman–Crippen LogP) is 1.56. The number of carbonyl (C=O) groups excluding carboxylic acids is 3. The quantitative estimate of drug-likeness (QED) is 0.242. The van der Waals surface area contributed by atoms with Crippen LogP contribution in [0.4, 0.5) is 0 Å². The van der Waals surface area contributed by atoms with Gasteiger partial charge in [-0.25, -0.2) is 9.59 Å². The Morgan fingerprint density at radius 3 is 1.94 bits per heavy atom. The molecule has 2 unspecified atom stereocenters. The maximum atomic E-state index is 12.8. The summed E-state index contributed by atoms with van der Waals surface area (Å²) in [5.41, 5.74) is 0.320. The van der Waals surface area contributed by atoms with Crippen LogP contribution in [0.25, 0.3) is 0 Å². The minimum absolute atomic E-state index is 0.0358. The van der Waals surface area contributed by atoms with E-state index >= 15 is 0 Å². The van der Waals surface area contributed by atoms with Crippen molar-refractivity contribution in [2.75, 3.05) is 0 Å². The molecule has 0 saturated carbocycles. The van der Waals surface area contributed by atoms with Crippen molar-refractivity contribution in [3.8, 4) is 0 Å². The molecule has 33 heavy (non-hydrogen) atoms. The minimum atomic E-state index is -1.27. The molecule has 0 amide bonds. The molecule has 3 rings (SSSR count). The molecule has 6 atom stereocenters. The zero-order chi connectivity index (χ0) is 23.8. The van der Waals surface area contributed by atoms with Crippen LogP contribution in [-0.4, -0.2) is 60.8 Å². The summed E-state index contributed by atoms with van der Waals surface area (Å²) >= 11 is 0. The zero-order valence-corrected chi connectivity index (χ0v) is 19.2. The molecule has 0 aromatic heterocycles. The topological polar surface area (TPSA) is 120 Å². The van der Waals surface area contributed by atoms with Crippen LogP contribution in [-0.2, 0) is 23.7 Å². The second-order valence-electron chi connectivity index (χ2n) is 7.32. The SMILES string of the molecule is CC(=O)OC1O[C@H]([C@@H](C)PNBO)[C@@H](OC(=O)c2ccccc2)[C@H]1OC(=O)c1ccccc1. The average molecular weight is 473 g/mol. The Balaban J connectivity index is 1.90. The lowest BCUT2D eigenvalue weighted by Crippen LogP contribution is -2.43. The molecule has 0 aliphatic carbocycles. The summed E-state index contributed by atoms with van der Waals surface area (Å²) in [5.74, 6) is -1.95. The fraction of sp³-hybridized carbons (Fsp3) is 0.318. The van der Waals surface area contributed by atoms with Crippen LogP contribution >= 0.6 is 8.73 Å². The van der Waals surface area contributed by atoms with Gasteiger partial charge in [-0.2, -0.15) is 0 Å². The molecule has 0 spiro atoms. The van der Waals surface area contributed by atoms with Gasteiger partial charge in [-0.05, 0) is 24.3 Å². The Kier molecular flexibility index (Phi) is 8.97. The Labute approximate surface area is 193 Å². The standard InChI is InChI=1S/C22H25BNO8P/c1-13(33-24-23-28)17-18(30-20(26)15-9-5-3-6-10-15)19(22(32-17)29-14(2)25)31-21(27)16-11-7-4-8-12-16/h3-13,17-19,22-24,28,33H,1-2H3/t13-,17-,18-,19-,22?/m1/s1. The predicted molar refractivity (Wildman–Crippen MR) is 122 cm³/mol. The fourth-order valence-electron chi connectivity index (χ4n) is 3.39. The van der Waals surface area contributed by atoms with Gasteiger partial charge in [0.25, 0.3) is 0 Å². The number of hydrogen-bond donors (Lipinski definition) is 2. The van der Waals surface area contributed by atoms with Crippen LogP contribution in [0.15, 0.2) is 60.7 Å². The summed E-state index contributed by atoms with van der Waals surface area (Å²) in [6, 6.07) is 16.6. The van der Waals surface area contributed by atoms with E-state index in [2.05, 4.69) is 5.00 Å². The van der Waals surface area contributed by atoms with Gasteiger partial charge >= 0.3 is 25.5 Å². The zero-order valence-electron chi connectivity index (χ0n) is 18.2. The highest BCUT2D eigenvalue weighted by Crippen LogP contribution is 2.35. The maximum Gasteiger partial charge on any atom is 0.361 e. The molecule has 0 bridgehead atoms. The lowest BCUT2D eigenvalue weighted by molar-refractivity contribution is -0.186. The van der Waals surface area contributed by atoms with Gasteiger partial charge in [0.1, 0.15) is 6.10 Å². The number of rotatable bonds is 9. The molecule has 1 fully saturated rings. The second kappa shape index (κ2) is 11.9. The van der Waals surface area contributed by atoms with Gasteiger partial charge in [0.15, 0.2) is 6.10 Å². The van der Waals surface area contributed by atoms with Crippen molar-refractivity contribution >= 4 is 34.3 Å². The number of nitrogens with one attached hydrogen (secondary N) is 1. The van der Waals surface area contributed by atoms with E-state index in [-0.39, 0.29) is 27.6 Å². The lowest BCUT2D eigenvalue weighted by atomic mass is 10.1. The van der Waals surface area contributed by atoms with E-state index in [9.17, 15) is 14.4 Å². The third-order valence-electron chi connectivity index (χ3n) is 4.90. The summed E-state index contributed by atoms with van der Waals surface area (Å²) in [5, 5.41) is 9.12. The van der Waals surface area contributed by atoms with Crippen LogP contribution in [0.5, 0.6) is 0 Å². The molecule has 1 aliphatic heterocycles. The Morgan fingerprint density at radius 1 is 0.939 bits per heavy atom. The molecule has 1 heterocycles. The summed E-state index contributed by atoms with van der Waals surface area (Å²) in [6.07, 6.45) is -4.29. The van der Waals surface area contributed by atoms with E-state index in [4.69, 9.17) is 24.0 Å². The summed E-state index contributed by atoms with van der Waals surface area (Å²) < 4.78 is 22.6. The van der Waals surface area contributed by atoms with E-state index in [1.807, 2.05) is 6.92 Å². The second-order valence-corrected chi connectivity index (χ2v) is 8.87. The molecule has 2 N–H and O–H groups in total. The number of hydrogen-bond acceptors (Lipinski definition) is 9. The normalized spacial score (nSPS) is 23.1. The lowest BCUT2D eigenvalue weighted by Gasteiger charge is -2.26. The fourth-order valence-corrected chi connectivity index (χ4v) is 4.24. The van der Waals surface area contributed by atoms with Crippen molar-refractivity contribution in [1.29, 1.82) is 0 Å². The first kappa shape index (κ1) is 24.9. The van der Waals surface area contributed by atoms with Crippen molar-refractivity contribution in [2.24, 2.45) is 0 Å². The van der Waals surface area contributed by atoms with Crippen molar-refractivity contribution < 1.29 is 38.4 Å². The third kappa shape index (κ3) is 6.61. The van der Waals surface area contributed by atoms with Gasteiger partial charge in [-0.1, -0.05) is 52.1 Å². The third-order valence-corrected chi connectivity index (χ3v) is 6.04. The highest BCUT2D eigenvalue weighted by atomic mass is 31.1. The number of carbonyl (C=O) groups is 3. The summed E-state index contributed by atoms with van der Waals surface area (Å²) in [7, 11) is -0.210. The molecule has 11 heteroatoms. The molecule has 1 aliphatic rings. The Morgan fingerprint density at radius 2 is 1.45 bits per heavy atom. The maximum absolute atomic E-state index is 12.8. The molecule has 9 nitrogen and oxygen atoms in total. The summed E-state index contributed by atoms with van der Waals surface area (Å²) in [4.78, 5) is 40.1. The summed E-state index contributed by atoms with van der Waals surface area (Å²) in [6.45, 7) is 3.03. The molecule has 0 radical (unpaired) electrons. The first-order valence-electron chi connectivity index (χ1n) is 10.3. The average Bonchev–Trinajstić information content (AvgIpc) is 3.14. The largest absolute Gasteiger partial charge is 0.452 e. The molecule has 2 aromatic carbocycles. The Bertz CT molecular complexity index is 948. The Hall–Kier alpha value is -2.78. The smallest absolute Gasteiger partial charge is 0.361 e. The van der Waals surface area contributed by atoms with E-state index in [1.165, 1.54) is 6.92 Å². The monoisotopic (exact) mass is 473 g/mol. The number of benzene rings is 2. The first-order valence-corrected chi connectivity index (χ1v) is 11.4. The number of esters is 3. The van der Waals surface area contributed by atoms with Gasteiger partial charge < -0.3 is 29.0 Å². The van der Waals surface area contributed by atoms with Gasteiger partial charge in [-0.15, -0.1) is 0 Å². The highest BCUT2D eigenvalue weighted by molar-refractivity contribution is 7.38.